The zero-order chi connectivity index (χ0) is 15.3. The Balaban J connectivity index is 3.00. The van der Waals surface area contributed by atoms with Crippen molar-refractivity contribution in [2.24, 2.45) is 5.92 Å². The first-order valence-corrected chi connectivity index (χ1v) is 7.65. The molecule has 0 spiro atoms. The highest BCUT2D eigenvalue weighted by atomic mass is 15.1. The molecule has 1 heterocycles. The monoisotopic (exact) mass is 278 g/mol. The van der Waals surface area contributed by atoms with Crippen LogP contribution in [0, 0.1) is 5.92 Å². The fourth-order valence-electron chi connectivity index (χ4n) is 2.33. The second kappa shape index (κ2) is 6.91. The van der Waals surface area contributed by atoms with Gasteiger partial charge in [0, 0.05) is 24.6 Å². The topological polar surface area (TPSA) is 49.8 Å². The van der Waals surface area contributed by atoms with Gasteiger partial charge in [-0.25, -0.2) is 9.97 Å². The maximum Gasteiger partial charge on any atom is 0.138 e. The Morgan fingerprint density at radius 1 is 1.10 bits per heavy atom. The van der Waals surface area contributed by atoms with Crippen molar-refractivity contribution in [2.45, 2.75) is 65.8 Å². The molecule has 0 bridgehead atoms. The van der Waals surface area contributed by atoms with E-state index in [1.807, 2.05) is 13.1 Å². The number of nitrogens with one attached hydrogen (secondary N) is 2. The molecule has 1 aromatic heterocycles. The molecule has 0 aliphatic rings. The summed E-state index contributed by atoms with van der Waals surface area (Å²) in [4.78, 5) is 9.23. The van der Waals surface area contributed by atoms with Crippen LogP contribution in [0.25, 0.3) is 0 Å². The summed E-state index contributed by atoms with van der Waals surface area (Å²) in [5.41, 5.74) is -0.0541. The third-order valence-electron chi connectivity index (χ3n) is 3.78. The van der Waals surface area contributed by atoms with Crippen molar-refractivity contribution >= 4 is 11.6 Å². The largest absolute Gasteiger partial charge is 0.373 e. The molecular weight excluding hydrogens is 248 g/mol. The summed E-state index contributed by atoms with van der Waals surface area (Å²) in [5, 5.41) is 6.66. The van der Waals surface area contributed by atoms with Gasteiger partial charge in [0.15, 0.2) is 0 Å². The van der Waals surface area contributed by atoms with Gasteiger partial charge in [-0.1, -0.05) is 47.5 Å². The van der Waals surface area contributed by atoms with Crippen LogP contribution < -0.4 is 10.6 Å². The molecule has 0 aliphatic heterocycles. The van der Waals surface area contributed by atoms with Crippen molar-refractivity contribution in [1.29, 1.82) is 0 Å². The SMILES string of the molecule is CCC(CC)C(C)Nc1cc(NC)nc(C(C)(C)C)n1. The molecule has 0 radical (unpaired) electrons. The fraction of sp³-hybridized carbons (Fsp3) is 0.750. The number of hydrogen-bond acceptors (Lipinski definition) is 4. The number of hydrogen-bond donors (Lipinski definition) is 2. The van der Waals surface area contributed by atoms with Crippen molar-refractivity contribution in [3.8, 4) is 0 Å². The highest BCUT2D eigenvalue weighted by Crippen LogP contribution is 2.24. The van der Waals surface area contributed by atoms with Gasteiger partial charge < -0.3 is 10.6 Å². The first kappa shape index (κ1) is 16.7. The van der Waals surface area contributed by atoms with Crippen molar-refractivity contribution in [2.75, 3.05) is 17.7 Å². The molecule has 1 unspecified atom stereocenters. The van der Waals surface area contributed by atoms with E-state index in [1.54, 1.807) is 0 Å². The first-order valence-electron chi connectivity index (χ1n) is 7.65. The molecule has 1 atom stereocenters. The minimum atomic E-state index is -0.0541. The quantitative estimate of drug-likeness (QED) is 0.824. The summed E-state index contributed by atoms with van der Waals surface area (Å²) in [5.74, 6) is 3.31. The van der Waals surface area contributed by atoms with Crippen LogP contribution in [0.15, 0.2) is 6.07 Å². The Morgan fingerprint density at radius 2 is 1.65 bits per heavy atom. The summed E-state index contributed by atoms with van der Waals surface area (Å²) >= 11 is 0. The van der Waals surface area contributed by atoms with Gasteiger partial charge in [-0.05, 0) is 12.8 Å². The Labute approximate surface area is 123 Å². The summed E-state index contributed by atoms with van der Waals surface area (Å²) in [7, 11) is 1.89. The van der Waals surface area contributed by atoms with Gasteiger partial charge in [0.1, 0.15) is 17.5 Å². The van der Waals surface area contributed by atoms with Crippen LogP contribution in [0.1, 0.15) is 60.2 Å². The summed E-state index contributed by atoms with van der Waals surface area (Å²) < 4.78 is 0. The molecular formula is C16H30N4. The van der Waals surface area contributed by atoms with Crippen LogP contribution in [0.4, 0.5) is 11.6 Å². The first-order chi connectivity index (χ1) is 9.31. The molecule has 4 heteroatoms. The molecule has 2 N–H and O–H groups in total. The highest BCUT2D eigenvalue weighted by Gasteiger charge is 2.20. The van der Waals surface area contributed by atoms with Crippen LogP contribution in [-0.2, 0) is 5.41 Å². The normalized spacial score (nSPS) is 13.4. The van der Waals surface area contributed by atoms with E-state index in [-0.39, 0.29) is 5.41 Å². The van der Waals surface area contributed by atoms with Crippen molar-refractivity contribution in [3.63, 3.8) is 0 Å². The minimum absolute atomic E-state index is 0.0541. The lowest BCUT2D eigenvalue weighted by Crippen LogP contribution is -2.26. The average Bonchev–Trinajstić information content (AvgIpc) is 2.38. The van der Waals surface area contributed by atoms with Gasteiger partial charge in [-0.2, -0.15) is 0 Å². The second-order valence-electron chi connectivity index (χ2n) is 6.47. The lowest BCUT2D eigenvalue weighted by molar-refractivity contribution is 0.436. The highest BCUT2D eigenvalue weighted by molar-refractivity contribution is 5.48. The number of nitrogens with zero attached hydrogens (tertiary/aromatic N) is 2. The van der Waals surface area contributed by atoms with Crippen molar-refractivity contribution in [3.05, 3.63) is 11.9 Å². The van der Waals surface area contributed by atoms with E-state index < -0.39 is 0 Å². The standard InChI is InChI=1S/C16H30N4/c1-8-12(9-2)11(3)18-14-10-13(17-7)19-15(20-14)16(4,5)6/h10-12H,8-9H2,1-7H3,(H2,17,18,19,20). The number of rotatable bonds is 6. The van der Waals surface area contributed by atoms with Crippen molar-refractivity contribution in [1.82, 2.24) is 9.97 Å². The van der Waals surface area contributed by atoms with Gasteiger partial charge in [0.2, 0.25) is 0 Å². The average molecular weight is 278 g/mol. The third kappa shape index (κ3) is 4.36. The maximum atomic E-state index is 4.68. The molecule has 0 saturated heterocycles. The molecule has 1 rings (SSSR count). The molecule has 114 valence electrons. The van der Waals surface area contributed by atoms with E-state index >= 15 is 0 Å². The predicted octanol–water partition coefficient (Wildman–Crippen LogP) is 4.05. The maximum absolute atomic E-state index is 4.68. The van der Waals surface area contributed by atoms with Crippen LogP contribution in [0.5, 0.6) is 0 Å². The molecule has 1 aromatic rings. The van der Waals surface area contributed by atoms with Crippen LogP contribution in [0.3, 0.4) is 0 Å². The van der Waals surface area contributed by atoms with Crippen LogP contribution in [-0.4, -0.2) is 23.1 Å². The van der Waals surface area contributed by atoms with Gasteiger partial charge in [0.05, 0.1) is 0 Å². The molecule has 0 saturated carbocycles. The predicted molar refractivity (Wildman–Crippen MR) is 87.4 cm³/mol. The van der Waals surface area contributed by atoms with E-state index in [9.17, 15) is 0 Å². The zero-order valence-electron chi connectivity index (χ0n) is 14.0. The smallest absolute Gasteiger partial charge is 0.138 e. The van der Waals surface area contributed by atoms with E-state index in [4.69, 9.17) is 0 Å². The molecule has 0 fully saturated rings. The number of aromatic nitrogens is 2. The Bertz CT molecular complexity index is 419. The lowest BCUT2D eigenvalue weighted by atomic mass is 9.95. The fourth-order valence-corrected chi connectivity index (χ4v) is 2.33. The van der Waals surface area contributed by atoms with E-state index in [0.717, 1.165) is 17.5 Å². The van der Waals surface area contributed by atoms with E-state index in [2.05, 4.69) is 62.1 Å². The van der Waals surface area contributed by atoms with E-state index in [1.165, 1.54) is 12.8 Å². The molecule has 0 amide bonds. The second-order valence-corrected chi connectivity index (χ2v) is 6.47. The van der Waals surface area contributed by atoms with Crippen LogP contribution in [0.2, 0.25) is 0 Å². The van der Waals surface area contributed by atoms with Crippen molar-refractivity contribution < 1.29 is 0 Å². The minimum Gasteiger partial charge on any atom is -0.373 e. The zero-order valence-corrected chi connectivity index (χ0v) is 14.0. The third-order valence-corrected chi connectivity index (χ3v) is 3.78. The van der Waals surface area contributed by atoms with Crippen LogP contribution >= 0.6 is 0 Å². The molecule has 4 nitrogen and oxygen atoms in total. The van der Waals surface area contributed by atoms with Gasteiger partial charge in [0.25, 0.3) is 0 Å². The lowest BCUT2D eigenvalue weighted by Gasteiger charge is -2.24. The Hall–Kier alpha value is -1.32. The summed E-state index contributed by atoms with van der Waals surface area (Å²) in [6.07, 6.45) is 2.36. The molecule has 20 heavy (non-hydrogen) atoms. The number of anilines is 2. The molecule has 0 aromatic carbocycles. The van der Waals surface area contributed by atoms with Gasteiger partial charge in [-0.3, -0.25) is 0 Å². The van der Waals surface area contributed by atoms with Gasteiger partial charge in [-0.15, -0.1) is 0 Å². The van der Waals surface area contributed by atoms with E-state index in [0.29, 0.717) is 12.0 Å². The Morgan fingerprint density at radius 3 is 2.10 bits per heavy atom. The summed E-state index contributed by atoms with van der Waals surface area (Å²) in [6, 6.07) is 2.39. The summed E-state index contributed by atoms with van der Waals surface area (Å²) in [6.45, 7) is 13.1. The Kier molecular flexibility index (Phi) is 5.78. The van der Waals surface area contributed by atoms with Gasteiger partial charge >= 0.3 is 0 Å². The molecule has 0 aliphatic carbocycles.